The number of nitrogens with zero attached hydrogens (tertiary/aromatic N) is 2. The van der Waals surface area contributed by atoms with Crippen LogP contribution in [0.25, 0.3) is 10.9 Å². The minimum Gasteiger partial charge on any atom is -0.490 e. The molecule has 3 nitrogen and oxygen atoms in total. The van der Waals surface area contributed by atoms with Gasteiger partial charge in [0.25, 0.3) is 0 Å². The van der Waals surface area contributed by atoms with Gasteiger partial charge in [-0.1, -0.05) is 11.6 Å². The Balaban J connectivity index is 2.36. The zero-order chi connectivity index (χ0) is 12.3. The van der Waals surface area contributed by atoms with Crippen LogP contribution in [0.5, 0.6) is 5.75 Å². The summed E-state index contributed by atoms with van der Waals surface area (Å²) in [5.41, 5.74) is 0.727. The zero-order valence-electron chi connectivity index (χ0n) is 9.35. The molecule has 0 spiro atoms. The normalized spacial score (nSPS) is 12.1. The van der Waals surface area contributed by atoms with E-state index < -0.39 is 0 Å². The van der Waals surface area contributed by atoms with Crippen molar-refractivity contribution in [3.05, 3.63) is 35.5 Å². The van der Waals surface area contributed by atoms with Gasteiger partial charge in [-0.3, -0.25) is 4.98 Å². The number of halogens is 1. The van der Waals surface area contributed by atoms with Gasteiger partial charge in [0.1, 0.15) is 17.9 Å². The lowest BCUT2D eigenvalue weighted by Gasteiger charge is -2.10. The van der Waals surface area contributed by atoms with E-state index in [1.807, 2.05) is 19.1 Å². The van der Waals surface area contributed by atoms with Crippen LogP contribution in [0.1, 0.15) is 6.92 Å². The van der Waals surface area contributed by atoms with Crippen LogP contribution in [0.3, 0.4) is 0 Å². The van der Waals surface area contributed by atoms with Crippen molar-refractivity contribution >= 4 is 22.5 Å². The molecular formula is C13H11ClN2O. The maximum Gasteiger partial charge on any atom is 0.145 e. The van der Waals surface area contributed by atoms with Crippen LogP contribution in [0, 0.1) is 17.2 Å². The second kappa shape index (κ2) is 5.03. The van der Waals surface area contributed by atoms with Gasteiger partial charge in [-0.2, -0.15) is 5.26 Å². The number of benzene rings is 1. The van der Waals surface area contributed by atoms with Gasteiger partial charge < -0.3 is 4.74 Å². The molecule has 0 fully saturated rings. The van der Waals surface area contributed by atoms with Crippen LogP contribution < -0.4 is 4.74 Å². The van der Waals surface area contributed by atoms with Crippen LogP contribution in [0.4, 0.5) is 0 Å². The largest absolute Gasteiger partial charge is 0.490 e. The number of aromatic nitrogens is 1. The van der Waals surface area contributed by atoms with Gasteiger partial charge in [-0.25, -0.2) is 0 Å². The molecule has 0 saturated carbocycles. The smallest absolute Gasteiger partial charge is 0.145 e. The highest BCUT2D eigenvalue weighted by Crippen LogP contribution is 2.29. The first-order chi connectivity index (χ1) is 8.22. The minimum atomic E-state index is -0.149. The average Bonchev–Trinajstić information content (AvgIpc) is 2.38. The molecule has 2 rings (SSSR count). The number of ether oxygens (including phenoxy) is 1. The van der Waals surface area contributed by atoms with E-state index in [1.165, 1.54) is 0 Å². The quantitative estimate of drug-likeness (QED) is 0.834. The standard InChI is InChI=1S/C13H11ClN2O/c1-9(7-15)8-17-12-5-4-11(14)10-3-2-6-16-13(10)12/h2-6,9H,8H2,1H3. The highest BCUT2D eigenvalue weighted by Gasteiger charge is 2.08. The maximum atomic E-state index is 8.70. The van der Waals surface area contributed by atoms with Crippen molar-refractivity contribution in [1.29, 1.82) is 5.26 Å². The van der Waals surface area contributed by atoms with Crippen molar-refractivity contribution in [3.63, 3.8) is 0 Å². The summed E-state index contributed by atoms with van der Waals surface area (Å²) in [6.07, 6.45) is 1.69. The van der Waals surface area contributed by atoms with Crippen LogP contribution in [-0.4, -0.2) is 11.6 Å². The van der Waals surface area contributed by atoms with E-state index in [-0.39, 0.29) is 5.92 Å². The van der Waals surface area contributed by atoms with Gasteiger partial charge in [0.2, 0.25) is 0 Å². The highest BCUT2D eigenvalue weighted by molar-refractivity contribution is 6.35. The van der Waals surface area contributed by atoms with Gasteiger partial charge in [-0.15, -0.1) is 0 Å². The van der Waals surface area contributed by atoms with E-state index >= 15 is 0 Å². The van der Waals surface area contributed by atoms with E-state index in [4.69, 9.17) is 21.6 Å². The van der Waals surface area contributed by atoms with Gasteiger partial charge in [0, 0.05) is 11.6 Å². The number of rotatable bonds is 3. The lowest BCUT2D eigenvalue weighted by atomic mass is 10.2. The Morgan fingerprint density at radius 1 is 1.47 bits per heavy atom. The lowest BCUT2D eigenvalue weighted by Crippen LogP contribution is -2.06. The molecule has 1 aromatic heterocycles. The topological polar surface area (TPSA) is 45.9 Å². The molecule has 4 heteroatoms. The van der Waals surface area contributed by atoms with Crippen molar-refractivity contribution in [2.45, 2.75) is 6.92 Å². The van der Waals surface area contributed by atoms with Gasteiger partial charge in [0.05, 0.1) is 17.0 Å². The fourth-order valence-corrected chi connectivity index (χ4v) is 1.70. The second-order valence-corrected chi connectivity index (χ2v) is 4.19. The molecule has 0 aliphatic rings. The molecular weight excluding hydrogens is 236 g/mol. The summed E-state index contributed by atoms with van der Waals surface area (Å²) in [5, 5.41) is 10.2. The summed E-state index contributed by atoms with van der Waals surface area (Å²) >= 11 is 6.07. The number of fused-ring (bicyclic) bond motifs is 1. The molecule has 0 amide bonds. The third kappa shape index (κ3) is 2.48. The Labute approximate surface area is 105 Å². The number of hydrogen-bond donors (Lipinski definition) is 0. The first-order valence-corrected chi connectivity index (χ1v) is 5.66. The van der Waals surface area contributed by atoms with Gasteiger partial charge in [-0.05, 0) is 31.2 Å². The molecule has 0 radical (unpaired) electrons. The molecule has 0 saturated heterocycles. The average molecular weight is 247 g/mol. The molecule has 1 aromatic carbocycles. The molecule has 1 unspecified atom stereocenters. The van der Waals surface area contributed by atoms with Crippen LogP contribution in [-0.2, 0) is 0 Å². The van der Waals surface area contributed by atoms with Crippen molar-refractivity contribution < 1.29 is 4.74 Å². The maximum absolute atomic E-state index is 8.70. The summed E-state index contributed by atoms with van der Waals surface area (Å²) in [6.45, 7) is 2.16. The Kier molecular flexibility index (Phi) is 3.46. The molecule has 0 aliphatic heterocycles. The predicted molar refractivity (Wildman–Crippen MR) is 67.0 cm³/mol. The third-order valence-corrected chi connectivity index (χ3v) is 2.72. The van der Waals surface area contributed by atoms with Gasteiger partial charge in [0.15, 0.2) is 0 Å². The lowest BCUT2D eigenvalue weighted by molar-refractivity contribution is 0.291. The molecule has 2 aromatic rings. The summed E-state index contributed by atoms with van der Waals surface area (Å²) < 4.78 is 5.58. The van der Waals surface area contributed by atoms with Crippen LogP contribution in [0.15, 0.2) is 30.5 Å². The molecule has 17 heavy (non-hydrogen) atoms. The molecule has 0 N–H and O–H groups in total. The zero-order valence-corrected chi connectivity index (χ0v) is 10.1. The Bertz CT molecular complexity index is 577. The number of pyridine rings is 1. The fraction of sp³-hybridized carbons (Fsp3) is 0.231. The molecule has 0 aliphatic carbocycles. The minimum absolute atomic E-state index is 0.149. The summed E-state index contributed by atoms with van der Waals surface area (Å²) in [5.74, 6) is 0.511. The number of nitriles is 1. The van der Waals surface area contributed by atoms with Crippen molar-refractivity contribution in [3.8, 4) is 11.8 Å². The first kappa shape index (κ1) is 11.7. The van der Waals surface area contributed by atoms with E-state index in [0.717, 1.165) is 10.9 Å². The van der Waals surface area contributed by atoms with Crippen molar-refractivity contribution in [2.75, 3.05) is 6.61 Å². The molecule has 1 heterocycles. The van der Waals surface area contributed by atoms with E-state index in [2.05, 4.69) is 11.1 Å². The van der Waals surface area contributed by atoms with Crippen molar-refractivity contribution in [2.24, 2.45) is 5.92 Å². The Hall–Kier alpha value is -1.79. The molecule has 86 valence electrons. The van der Waals surface area contributed by atoms with E-state index in [0.29, 0.717) is 17.4 Å². The third-order valence-electron chi connectivity index (χ3n) is 2.39. The predicted octanol–water partition coefficient (Wildman–Crippen LogP) is 3.43. The molecule has 1 atom stereocenters. The van der Waals surface area contributed by atoms with E-state index in [1.54, 1.807) is 18.3 Å². The fourth-order valence-electron chi connectivity index (χ4n) is 1.48. The van der Waals surface area contributed by atoms with E-state index in [9.17, 15) is 0 Å². The van der Waals surface area contributed by atoms with Gasteiger partial charge >= 0.3 is 0 Å². The summed E-state index contributed by atoms with van der Waals surface area (Å²) in [6, 6.07) is 9.40. The second-order valence-electron chi connectivity index (χ2n) is 3.79. The summed E-state index contributed by atoms with van der Waals surface area (Å²) in [4.78, 5) is 4.25. The number of hydrogen-bond acceptors (Lipinski definition) is 3. The van der Waals surface area contributed by atoms with Crippen LogP contribution >= 0.6 is 11.6 Å². The SMILES string of the molecule is CC(C#N)COc1ccc(Cl)c2cccnc12. The first-order valence-electron chi connectivity index (χ1n) is 5.28. The Morgan fingerprint density at radius 3 is 3.06 bits per heavy atom. The Morgan fingerprint density at radius 2 is 2.29 bits per heavy atom. The van der Waals surface area contributed by atoms with Crippen molar-refractivity contribution in [1.82, 2.24) is 4.98 Å². The monoisotopic (exact) mass is 246 g/mol. The summed E-state index contributed by atoms with van der Waals surface area (Å²) in [7, 11) is 0. The highest BCUT2D eigenvalue weighted by atomic mass is 35.5. The van der Waals surface area contributed by atoms with Crippen LogP contribution in [0.2, 0.25) is 5.02 Å². The molecule has 0 bridgehead atoms.